The molecule has 0 atom stereocenters. The standard InChI is InChI=1S/C12H19N3O3/c1-10-9-11(13-18-10)12(17)15-4-2-3-14(5-6-15)7-8-16/h9,16H,2-8H2,1H3. The van der Waals surface area contributed by atoms with Crippen molar-refractivity contribution in [3.63, 3.8) is 0 Å². The van der Waals surface area contributed by atoms with Gasteiger partial charge in [-0.15, -0.1) is 0 Å². The minimum absolute atomic E-state index is 0.0716. The van der Waals surface area contributed by atoms with E-state index in [0.717, 1.165) is 26.1 Å². The number of aliphatic hydroxyl groups excluding tert-OH is 1. The minimum Gasteiger partial charge on any atom is -0.395 e. The highest BCUT2D eigenvalue weighted by atomic mass is 16.5. The van der Waals surface area contributed by atoms with Crippen LogP contribution in [0.2, 0.25) is 0 Å². The van der Waals surface area contributed by atoms with Gasteiger partial charge in [0, 0.05) is 32.2 Å². The van der Waals surface area contributed by atoms with Gasteiger partial charge in [-0.05, 0) is 19.9 Å². The van der Waals surface area contributed by atoms with Gasteiger partial charge in [-0.3, -0.25) is 9.69 Å². The van der Waals surface area contributed by atoms with E-state index < -0.39 is 0 Å². The Balaban J connectivity index is 1.95. The lowest BCUT2D eigenvalue weighted by Gasteiger charge is -2.20. The number of carbonyl (C=O) groups is 1. The first kappa shape index (κ1) is 13.0. The maximum atomic E-state index is 12.2. The molecule has 18 heavy (non-hydrogen) atoms. The van der Waals surface area contributed by atoms with Crippen molar-refractivity contribution in [2.45, 2.75) is 13.3 Å². The summed E-state index contributed by atoms with van der Waals surface area (Å²) in [4.78, 5) is 16.1. The Labute approximate surface area is 106 Å². The summed E-state index contributed by atoms with van der Waals surface area (Å²) in [6.45, 7) is 5.72. The Kier molecular flexibility index (Phi) is 4.33. The minimum atomic E-state index is -0.0716. The second-order valence-electron chi connectivity index (χ2n) is 4.53. The molecule has 0 bridgehead atoms. The number of aryl methyl sites for hydroxylation is 1. The van der Waals surface area contributed by atoms with Crippen LogP contribution >= 0.6 is 0 Å². The molecule has 1 aromatic rings. The molecule has 1 aliphatic heterocycles. The number of carbonyl (C=O) groups excluding carboxylic acids is 1. The number of β-amino-alcohol motifs (C(OH)–C–C–N with tert-alkyl or cyclic N) is 1. The van der Waals surface area contributed by atoms with Crippen molar-refractivity contribution in [3.8, 4) is 0 Å². The van der Waals surface area contributed by atoms with Gasteiger partial charge in [-0.2, -0.15) is 0 Å². The maximum absolute atomic E-state index is 12.2. The molecular formula is C12H19N3O3. The summed E-state index contributed by atoms with van der Waals surface area (Å²) in [6, 6.07) is 1.67. The topological polar surface area (TPSA) is 69.8 Å². The van der Waals surface area contributed by atoms with Crippen LogP contribution in [0.1, 0.15) is 22.7 Å². The zero-order valence-corrected chi connectivity index (χ0v) is 10.6. The Hall–Kier alpha value is -1.40. The molecule has 1 aliphatic rings. The van der Waals surface area contributed by atoms with E-state index in [4.69, 9.17) is 9.63 Å². The number of amides is 1. The number of aromatic nitrogens is 1. The lowest BCUT2D eigenvalue weighted by atomic mass is 10.3. The van der Waals surface area contributed by atoms with E-state index in [2.05, 4.69) is 10.1 Å². The van der Waals surface area contributed by atoms with E-state index in [1.54, 1.807) is 17.9 Å². The van der Waals surface area contributed by atoms with Gasteiger partial charge < -0.3 is 14.5 Å². The summed E-state index contributed by atoms with van der Waals surface area (Å²) in [5.74, 6) is 0.577. The molecule has 1 amide bonds. The van der Waals surface area contributed by atoms with Crippen molar-refractivity contribution in [2.24, 2.45) is 0 Å². The molecule has 1 fully saturated rings. The molecule has 2 heterocycles. The Morgan fingerprint density at radius 1 is 1.44 bits per heavy atom. The smallest absolute Gasteiger partial charge is 0.276 e. The highest BCUT2D eigenvalue weighted by molar-refractivity contribution is 5.92. The molecule has 0 aliphatic carbocycles. The monoisotopic (exact) mass is 253 g/mol. The first-order valence-electron chi connectivity index (χ1n) is 6.26. The molecule has 0 aromatic carbocycles. The van der Waals surface area contributed by atoms with Gasteiger partial charge in [-0.1, -0.05) is 5.16 Å². The molecule has 6 heteroatoms. The van der Waals surface area contributed by atoms with Crippen LogP contribution in [-0.2, 0) is 0 Å². The predicted octanol–water partition coefficient (Wildman–Crippen LogP) is 0.123. The SMILES string of the molecule is Cc1cc(C(=O)N2CCCN(CCO)CC2)no1. The van der Waals surface area contributed by atoms with Crippen LogP contribution in [0.25, 0.3) is 0 Å². The number of aliphatic hydroxyl groups is 1. The van der Waals surface area contributed by atoms with Crippen LogP contribution < -0.4 is 0 Å². The lowest BCUT2D eigenvalue weighted by molar-refractivity contribution is 0.0750. The zero-order chi connectivity index (χ0) is 13.0. The summed E-state index contributed by atoms with van der Waals surface area (Å²) in [5.41, 5.74) is 0.378. The van der Waals surface area contributed by atoms with Gasteiger partial charge in [0.15, 0.2) is 5.69 Å². The van der Waals surface area contributed by atoms with Crippen molar-refractivity contribution in [2.75, 3.05) is 39.3 Å². The molecule has 100 valence electrons. The third-order valence-corrected chi connectivity index (χ3v) is 3.14. The van der Waals surface area contributed by atoms with Gasteiger partial charge in [0.25, 0.3) is 5.91 Å². The molecule has 0 unspecified atom stereocenters. The summed E-state index contributed by atoms with van der Waals surface area (Å²) in [7, 11) is 0. The fraction of sp³-hybridized carbons (Fsp3) is 0.667. The molecule has 0 spiro atoms. The fourth-order valence-corrected chi connectivity index (χ4v) is 2.17. The highest BCUT2D eigenvalue weighted by Gasteiger charge is 2.22. The molecule has 1 aromatic heterocycles. The van der Waals surface area contributed by atoms with Gasteiger partial charge >= 0.3 is 0 Å². The Morgan fingerprint density at radius 3 is 2.94 bits per heavy atom. The third kappa shape index (κ3) is 3.08. The average Bonchev–Trinajstić information content (AvgIpc) is 2.65. The first-order valence-corrected chi connectivity index (χ1v) is 6.26. The highest BCUT2D eigenvalue weighted by Crippen LogP contribution is 2.09. The van der Waals surface area contributed by atoms with Crippen molar-refractivity contribution in [1.29, 1.82) is 0 Å². The van der Waals surface area contributed by atoms with Crippen LogP contribution in [-0.4, -0.2) is 65.3 Å². The van der Waals surface area contributed by atoms with E-state index in [1.807, 2.05) is 0 Å². The van der Waals surface area contributed by atoms with Gasteiger partial charge in [0.05, 0.1) is 6.61 Å². The van der Waals surface area contributed by atoms with E-state index in [0.29, 0.717) is 24.5 Å². The van der Waals surface area contributed by atoms with Gasteiger partial charge in [-0.25, -0.2) is 0 Å². The van der Waals surface area contributed by atoms with Gasteiger partial charge in [0.2, 0.25) is 0 Å². The normalized spacial score (nSPS) is 17.8. The first-order chi connectivity index (χ1) is 8.70. The summed E-state index contributed by atoms with van der Waals surface area (Å²) in [6.07, 6.45) is 0.919. The van der Waals surface area contributed by atoms with Crippen LogP contribution in [0.5, 0.6) is 0 Å². The van der Waals surface area contributed by atoms with Crippen molar-refractivity contribution < 1.29 is 14.4 Å². The zero-order valence-electron chi connectivity index (χ0n) is 10.6. The van der Waals surface area contributed by atoms with E-state index in [1.165, 1.54) is 0 Å². The van der Waals surface area contributed by atoms with E-state index >= 15 is 0 Å². The summed E-state index contributed by atoms with van der Waals surface area (Å²) < 4.78 is 4.93. The molecular weight excluding hydrogens is 234 g/mol. The Morgan fingerprint density at radius 2 is 2.28 bits per heavy atom. The number of hydrogen-bond acceptors (Lipinski definition) is 5. The quantitative estimate of drug-likeness (QED) is 0.828. The second kappa shape index (κ2) is 5.97. The molecule has 2 rings (SSSR count). The van der Waals surface area contributed by atoms with Crippen molar-refractivity contribution in [3.05, 3.63) is 17.5 Å². The summed E-state index contributed by atoms with van der Waals surface area (Å²) >= 11 is 0. The molecule has 0 saturated carbocycles. The molecule has 1 N–H and O–H groups in total. The number of rotatable bonds is 3. The Bertz CT molecular complexity index is 405. The van der Waals surface area contributed by atoms with Crippen LogP contribution in [0.15, 0.2) is 10.6 Å². The van der Waals surface area contributed by atoms with Crippen LogP contribution in [0, 0.1) is 6.92 Å². The van der Waals surface area contributed by atoms with Crippen LogP contribution in [0.4, 0.5) is 0 Å². The van der Waals surface area contributed by atoms with Crippen LogP contribution in [0.3, 0.4) is 0 Å². The third-order valence-electron chi connectivity index (χ3n) is 3.14. The fourth-order valence-electron chi connectivity index (χ4n) is 2.17. The maximum Gasteiger partial charge on any atom is 0.276 e. The molecule has 0 radical (unpaired) electrons. The van der Waals surface area contributed by atoms with Gasteiger partial charge in [0.1, 0.15) is 5.76 Å². The van der Waals surface area contributed by atoms with E-state index in [-0.39, 0.29) is 12.5 Å². The average molecular weight is 253 g/mol. The lowest BCUT2D eigenvalue weighted by Crippen LogP contribution is -2.36. The number of hydrogen-bond donors (Lipinski definition) is 1. The molecule has 1 saturated heterocycles. The molecule has 6 nitrogen and oxygen atoms in total. The second-order valence-corrected chi connectivity index (χ2v) is 4.53. The summed E-state index contributed by atoms with van der Waals surface area (Å²) in [5, 5.41) is 12.7. The van der Waals surface area contributed by atoms with Crippen molar-refractivity contribution >= 4 is 5.91 Å². The number of nitrogens with zero attached hydrogens (tertiary/aromatic N) is 3. The predicted molar refractivity (Wildman–Crippen MR) is 65.3 cm³/mol. The largest absolute Gasteiger partial charge is 0.395 e. The van der Waals surface area contributed by atoms with Crippen molar-refractivity contribution in [1.82, 2.24) is 15.0 Å². The van der Waals surface area contributed by atoms with E-state index in [9.17, 15) is 4.79 Å².